The van der Waals surface area contributed by atoms with Crippen molar-refractivity contribution >= 4 is 29.1 Å². The van der Waals surface area contributed by atoms with Crippen LogP contribution in [0.25, 0.3) is 0 Å². The molecule has 2 aromatic carbocycles. The zero-order chi connectivity index (χ0) is 17.4. The molecule has 0 unspecified atom stereocenters. The number of benzene rings is 2. The number of nitrogens with one attached hydrogen (secondary N) is 1. The van der Waals surface area contributed by atoms with Gasteiger partial charge in [0.05, 0.1) is 16.1 Å². The van der Waals surface area contributed by atoms with Crippen molar-refractivity contribution in [1.29, 1.82) is 5.26 Å². The lowest BCUT2D eigenvalue weighted by atomic mass is 10.1. The van der Waals surface area contributed by atoms with Crippen molar-refractivity contribution in [2.75, 3.05) is 6.54 Å². The Kier molecular flexibility index (Phi) is 6.92. The number of amides is 1. The van der Waals surface area contributed by atoms with Crippen molar-refractivity contribution in [1.82, 2.24) is 5.32 Å². The van der Waals surface area contributed by atoms with Gasteiger partial charge in [-0.2, -0.15) is 5.26 Å². The molecule has 0 saturated carbocycles. The molecule has 0 fully saturated rings. The van der Waals surface area contributed by atoms with Crippen LogP contribution < -0.4 is 10.1 Å². The molecular formula is C18H16Cl2N2O2. The highest BCUT2D eigenvalue weighted by molar-refractivity contribution is 6.42. The molecule has 124 valence electrons. The highest BCUT2D eigenvalue weighted by Crippen LogP contribution is 2.23. The van der Waals surface area contributed by atoms with E-state index in [1.807, 2.05) is 36.4 Å². The first kappa shape index (κ1) is 18.1. The van der Waals surface area contributed by atoms with Crippen molar-refractivity contribution in [2.24, 2.45) is 0 Å². The van der Waals surface area contributed by atoms with Crippen LogP contribution in [-0.2, 0) is 17.8 Å². The molecule has 4 nitrogen and oxygen atoms in total. The van der Waals surface area contributed by atoms with Crippen molar-refractivity contribution in [3.05, 3.63) is 63.6 Å². The third kappa shape index (κ3) is 5.77. The lowest BCUT2D eigenvalue weighted by Crippen LogP contribution is -2.24. The van der Waals surface area contributed by atoms with Gasteiger partial charge in [-0.15, -0.1) is 0 Å². The van der Waals surface area contributed by atoms with Crippen LogP contribution in [0, 0.1) is 11.3 Å². The number of hydrogen-bond acceptors (Lipinski definition) is 3. The summed E-state index contributed by atoms with van der Waals surface area (Å²) in [6.07, 6.45) is 0.550. The first-order chi connectivity index (χ1) is 11.6. The smallest absolute Gasteiger partial charge is 0.234 e. The summed E-state index contributed by atoms with van der Waals surface area (Å²) >= 11 is 11.9. The summed E-state index contributed by atoms with van der Waals surface area (Å²) in [6.45, 7) is 0.871. The van der Waals surface area contributed by atoms with E-state index in [0.717, 1.165) is 16.9 Å². The molecule has 0 radical (unpaired) electrons. The molecule has 1 amide bonds. The van der Waals surface area contributed by atoms with Crippen LogP contribution >= 0.6 is 23.2 Å². The van der Waals surface area contributed by atoms with Crippen LogP contribution in [0.3, 0.4) is 0 Å². The van der Waals surface area contributed by atoms with Gasteiger partial charge >= 0.3 is 0 Å². The minimum absolute atomic E-state index is 0.118. The van der Waals surface area contributed by atoms with Crippen LogP contribution in [0.1, 0.15) is 17.5 Å². The molecule has 0 spiro atoms. The number of rotatable bonds is 7. The van der Waals surface area contributed by atoms with Crippen LogP contribution in [0.2, 0.25) is 10.0 Å². The van der Waals surface area contributed by atoms with E-state index in [1.165, 1.54) is 0 Å². The van der Waals surface area contributed by atoms with Gasteiger partial charge in [0, 0.05) is 6.54 Å². The molecule has 0 aromatic heterocycles. The van der Waals surface area contributed by atoms with E-state index in [2.05, 4.69) is 5.32 Å². The standard InChI is InChI=1S/C18H16Cl2N2O2/c19-16-5-4-14(11-17(16)20)12-24-15-3-1-2-13(10-15)7-9-22-18(23)6-8-21/h1-5,10-11H,6-7,9,12H2,(H,22,23). The van der Waals surface area contributed by atoms with Gasteiger partial charge < -0.3 is 10.1 Å². The largest absolute Gasteiger partial charge is 0.489 e. The maximum Gasteiger partial charge on any atom is 0.234 e. The quantitative estimate of drug-likeness (QED) is 0.804. The molecule has 6 heteroatoms. The normalized spacial score (nSPS) is 10.0. The number of nitriles is 1. The molecule has 24 heavy (non-hydrogen) atoms. The molecule has 0 heterocycles. The fourth-order valence-corrected chi connectivity index (χ4v) is 2.39. The molecule has 0 saturated heterocycles. The minimum Gasteiger partial charge on any atom is -0.489 e. The van der Waals surface area contributed by atoms with E-state index in [0.29, 0.717) is 29.6 Å². The van der Waals surface area contributed by atoms with Gasteiger partial charge in [0.2, 0.25) is 5.91 Å². The predicted octanol–water partition coefficient (Wildman–Crippen LogP) is 4.14. The fourth-order valence-electron chi connectivity index (χ4n) is 2.07. The summed E-state index contributed by atoms with van der Waals surface area (Å²) in [5, 5.41) is 12.1. The van der Waals surface area contributed by atoms with E-state index in [4.69, 9.17) is 33.2 Å². The topological polar surface area (TPSA) is 62.1 Å². The first-order valence-corrected chi connectivity index (χ1v) is 8.13. The Morgan fingerprint density at radius 2 is 1.96 bits per heavy atom. The van der Waals surface area contributed by atoms with Gasteiger partial charge in [-0.25, -0.2) is 0 Å². The lowest BCUT2D eigenvalue weighted by Gasteiger charge is -2.09. The number of hydrogen-bond donors (Lipinski definition) is 1. The van der Waals surface area contributed by atoms with Gasteiger partial charge in [0.15, 0.2) is 0 Å². The zero-order valence-electron chi connectivity index (χ0n) is 12.9. The monoisotopic (exact) mass is 362 g/mol. The maximum atomic E-state index is 11.2. The Balaban J connectivity index is 1.87. The van der Waals surface area contributed by atoms with Crippen LogP contribution in [-0.4, -0.2) is 12.5 Å². The van der Waals surface area contributed by atoms with E-state index >= 15 is 0 Å². The van der Waals surface area contributed by atoms with Gasteiger partial charge in [-0.1, -0.05) is 41.4 Å². The zero-order valence-corrected chi connectivity index (χ0v) is 14.4. The summed E-state index contributed by atoms with van der Waals surface area (Å²) in [5.74, 6) is 0.478. The highest BCUT2D eigenvalue weighted by Gasteiger charge is 2.03. The predicted molar refractivity (Wildman–Crippen MR) is 94.2 cm³/mol. The molecule has 0 aliphatic rings. The second-order valence-corrected chi connectivity index (χ2v) is 5.93. The number of halogens is 2. The molecule has 0 bridgehead atoms. The van der Waals surface area contributed by atoms with Gasteiger partial charge in [0.25, 0.3) is 0 Å². The van der Waals surface area contributed by atoms with Gasteiger partial charge in [0.1, 0.15) is 18.8 Å². The Morgan fingerprint density at radius 1 is 1.12 bits per heavy atom. The van der Waals surface area contributed by atoms with E-state index in [9.17, 15) is 4.79 Å². The second kappa shape index (κ2) is 9.17. The molecule has 2 rings (SSSR count). The number of carbonyl (C=O) groups excluding carboxylic acids is 1. The van der Waals surface area contributed by atoms with Crippen LogP contribution in [0.15, 0.2) is 42.5 Å². The third-order valence-electron chi connectivity index (χ3n) is 3.26. The summed E-state index contributed by atoms with van der Waals surface area (Å²) in [7, 11) is 0. The average molecular weight is 363 g/mol. The minimum atomic E-state index is -0.260. The number of ether oxygens (including phenoxy) is 1. The average Bonchev–Trinajstić information content (AvgIpc) is 2.57. The SMILES string of the molecule is N#CCC(=O)NCCc1cccc(OCc2ccc(Cl)c(Cl)c2)c1. The van der Waals surface area contributed by atoms with Crippen molar-refractivity contribution < 1.29 is 9.53 Å². The van der Waals surface area contributed by atoms with Crippen LogP contribution in [0.4, 0.5) is 0 Å². The summed E-state index contributed by atoms with van der Waals surface area (Å²) in [4.78, 5) is 11.2. The Hall–Kier alpha value is -2.22. The number of nitrogens with zero attached hydrogens (tertiary/aromatic N) is 1. The van der Waals surface area contributed by atoms with Gasteiger partial charge in [-0.05, 0) is 41.8 Å². The Labute approximate surface area is 151 Å². The molecule has 0 atom stereocenters. The molecular weight excluding hydrogens is 347 g/mol. The van der Waals surface area contributed by atoms with Crippen molar-refractivity contribution in [3.8, 4) is 11.8 Å². The van der Waals surface area contributed by atoms with E-state index < -0.39 is 0 Å². The summed E-state index contributed by atoms with van der Waals surface area (Å²) < 4.78 is 5.76. The fraction of sp³-hybridized carbons (Fsp3) is 0.222. The Morgan fingerprint density at radius 3 is 2.71 bits per heavy atom. The first-order valence-electron chi connectivity index (χ1n) is 7.38. The van der Waals surface area contributed by atoms with Crippen LogP contribution in [0.5, 0.6) is 5.75 Å². The van der Waals surface area contributed by atoms with Gasteiger partial charge in [-0.3, -0.25) is 4.79 Å². The maximum absolute atomic E-state index is 11.2. The highest BCUT2D eigenvalue weighted by atomic mass is 35.5. The van der Waals surface area contributed by atoms with E-state index in [-0.39, 0.29) is 12.3 Å². The molecule has 1 N–H and O–H groups in total. The molecule has 0 aliphatic carbocycles. The Bertz CT molecular complexity index is 757. The molecule has 2 aromatic rings. The molecule has 0 aliphatic heterocycles. The lowest BCUT2D eigenvalue weighted by molar-refractivity contribution is -0.120. The van der Waals surface area contributed by atoms with E-state index in [1.54, 1.807) is 12.1 Å². The number of carbonyl (C=O) groups is 1. The van der Waals surface area contributed by atoms with Crippen molar-refractivity contribution in [3.63, 3.8) is 0 Å². The third-order valence-corrected chi connectivity index (χ3v) is 4.00. The second-order valence-electron chi connectivity index (χ2n) is 5.12. The summed E-state index contributed by atoms with van der Waals surface area (Å²) in [5.41, 5.74) is 1.97. The summed E-state index contributed by atoms with van der Waals surface area (Å²) in [6, 6.07) is 14.8. The van der Waals surface area contributed by atoms with Crippen molar-refractivity contribution in [2.45, 2.75) is 19.4 Å².